The van der Waals surface area contributed by atoms with Crippen LogP contribution in [0.25, 0.3) is 22.5 Å². The van der Waals surface area contributed by atoms with Crippen molar-refractivity contribution in [3.05, 3.63) is 89.1 Å². The fourth-order valence-electron chi connectivity index (χ4n) is 4.23. The first kappa shape index (κ1) is 27.1. The van der Waals surface area contributed by atoms with E-state index in [-0.39, 0.29) is 36.4 Å². The molecule has 1 aliphatic rings. The summed E-state index contributed by atoms with van der Waals surface area (Å²) in [5, 5.41) is 3.60. The highest BCUT2D eigenvalue weighted by atomic mass is 35.5. The molecule has 1 fully saturated rings. The molecule has 10 heteroatoms. The smallest absolute Gasteiger partial charge is 0.255 e. The number of anilines is 1. The molecule has 2 aromatic carbocycles. The average molecular weight is 527 g/mol. The van der Waals surface area contributed by atoms with Gasteiger partial charge in [-0.1, -0.05) is 36.4 Å². The van der Waals surface area contributed by atoms with Crippen LogP contribution in [0.2, 0.25) is 0 Å². The van der Waals surface area contributed by atoms with Crippen LogP contribution in [0.5, 0.6) is 5.75 Å². The van der Waals surface area contributed by atoms with Crippen LogP contribution < -0.4 is 20.5 Å². The summed E-state index contributed by atoms with van der Waals surface area (Å²) in [5.41, 5.74) is 4.57. The van der Waals surface area contributed by atoms with Gasteiger partial charge in [-0.05, 0) is 34.9 Å². The normalized spacial score (nSPS) is 14.9. The van der Waals surface area contributed by atoms with Crippen molar-refractivity contribution in [2.75, 3.05) is 31.6 Å². The molecule has 0 saturated carbocycles. The quantitative estimate of drug-likeness (QED) is 0.421. The van der Waals surface area contributed by atoms with Crippen LogP contribution in [0, 0.1) is 0 Å². The Kier molecular flexibility index (Phi) is 9.03. The third-order valence-corrected chi connectivity index (χ3v) is 6.15. The molecule has 1 atom stereocenters. The first-order chi connectivity index (χ1) is 16.6. The van der Waals surface area contributed by atoms with Gasteiger partial charge in [0.2, 0.25) is 5.95 Å². The zero-order valence-electron chi connectivity index (χ0n) is 20.0. The fraction of sp³-hybridized carbons (Fsp3) is 0.231. The molecule has 4 aromatic rings. The average Bonchev–Trinajstić information content (AvgIpc) is 2.91. The molecular formula is C26H28Cl2N6O2. The lowest BCUT2D eigenvalue weighted by atomic mass is 9.99. The molecule has 36 heavy (non-hydrogen) atoms. The van der Waals surface area contributed by atoms with E-state index in [9.17, 15) is 4.79 Å². The van der Waals surface area contributed by atoms with E-state index in [0.29, 0.717) is 23.9 Å². The van der Waals surface area contributed by atoms with Gasteiger partial charge in [-0.3, -0.25) is 9.36 Å². The monoisotopic (exact) mass is 526 g/mol. The summed E-state index contributed by atoms with van der Waals surface area (Å²) >= 11 is 0. The highest BCUT2D eigenvalue weighted by molar-refractivity contribution is 5.85. The molecule has 188 valence electrons. The number of hydrogen-bond donors (Lipinski definition) is 1. The Morgan fingerprint density at radius 3 is 2.31 bits per heavy atom. The molecule has 0 amide bonds. The molecule has 2 aromatic heterocycles. The summed E-state index contributed by atoms with van der Waals surface area (Å²) in [6.07, 6.45) is 3.11. The van der Waals surface area contributed by atoms with E-state index in [1.165, 1.54) is 18.0 Å². The van der Waals surface area contributed by atoms with E-state index in [4.69, 9.17) is 9.72 Å². The van der Waals surface area contributed by atoms with Crippen molar-refractivity contribution in [3.63, 3.8) is 0 Å². The van der Waals surface area contributed by atoms with Crippen molar-refractivity contribution in [2.45, 2.75) is 6.04 Å². The molecule has 0 aliphatic carbocycles. The van der Waals surface area contributed by atoms with Crippen LogP contribution in [0.3, 0.4) is 0 Å². The van der Waals surface area contributed by atoms with E-state index >= 15 is 0 Å². The summed E-state index contributed by atoms with van der Waals surface area (Å²) in [6.45, 7) is 2.25. The van der Waals surface area contributed by atoms with Crippen LogP contribution in [0.1, 0.15) is 11.6 Å². The molecule has 5 rings (SSSR count). The minimum absolute atomic E-state index is 0. The Bertz CT molecular complexity index is 1330. The van der Waals surface area contributed by atoms with Gasteiger partial charge in [-0.2, -0.15) is 0 Å². The fourth-order valence-corrected chi connectivity index (χ4v) is 4.23. The summed E-state index contributed by atoms with van der Waals surface area (Å²) in [4.78, 5) is 27.8. The number of benzene rings is 2. The number of ether oxygens (including phenoxy) is 1. The zero-order chi connectivity index (χ0) is 23.5. The Morgan fingerprint density at radius 1 is 0.972 bits per heavy atom. The van der Waals surface area contributed by atoms with Crippen molar-refractivity contribution >= 4 is 30.8 Å². The SMILES string of the molecule is COc1ccc(-c2ccc([C@H]3CN(c4nc(-c5ccncn5)cc(=O)n4C)CCN3)cc2)cc1.Cl.Cl. The first-order valence-corrected chi connectivity index (χ1v) is 11.2. The Hall–Kier alpha value is -3.46. The van der Waals surface area contributed by atoms with E-state index in [2.05, 4.69) is 56.6 Å². The van der Waals surface area contributed by atoms with Crippen LogP contribution in [0.15, 0.2) is 78.0 Å². The number of nitrogens with zero attached hydrogens (tertiary/aromatic N) is 5. The number of halogens is 2. The lowest BCUT2D eigenvalue weighted by Crippen LogP contribution is -2.47. The second-order valence-corrected chi connectivity index (χ2v) is 8.24. The lowest BCUT2D eigenvalue weighted by molar-refractivity contribution is 0.415. The van der Waals surface area contributed by atoms with E-state index < -0.39 is 0 Å². The maximum atomic E-state index is 12.7. The largest absolute Gasteiger partial charge is 0.497 e. The molecule has 1 N–H and O–H groups in total. The molecule has 0 unspecified atom stereocenters. The van der Waals surface area contributed by atoms with Gasteiger partial charge in [-0.15, -0.1) is 24.8 Å². The number of nitrogens with one attached hydrogen (secondary N) is 1. The topological polar surface area (TPSA) is 85.2 Å². The van der Waals surface area contributed by atoms with Crippen LogP contribution in [0.4, 0.5) is 5.95 Å². The Labute approximate surface area is 222 Å². The van der Waals surface area contributed by atoms with Gasteiger partial charge in [-0.25, -0.2) is 15.0 Å². The number of rotatable bonds is 5. The molecule has 3 heterocycles. The highest BCUT2D eigenvalue weighted by Gasteiger charge is 2.24. The minimum Gasteiger partial charge on any atom is -0.497 e. The van der Waals surface area contributed by atoms with Crippen LogP contribution in [-0.4, -0.2) is 46.3 Å². The van der Waals surface area contributed by atoms with Crippen molar-refractivity contribution in [2.24, 2.45) is 7.05 Å². The third kappa shape index (κ3) is 5.67. The minimum atomic E-state index is -0.113. The lowest BCUT2D eigenvalue weighted by Gasteiger charge is -2.35. The Morgan fingerprint density at radius 2 is 1.67 bits per heavy atom. The van der Waals surface area contributed by atoms with E-state index in [1.54, 1.807) is 31.0 Å². The number of piperazine rings is 1. The summed E-state index contributed by atoms with van der Waals surface area (Å²) in [5.74, 6) is 1.49. The molecule has 0 spiro atoms. The van der Waals surface area contributed by atoms with E-state index in [0.717, 1.165) is 30.0 Å². The summed E-state index contributed by atoms with van der Waals surface area (Å²) in [7, 11) is 3.43. The highest BCUT2D eigenvalue weighted by Crippen LogP contribution is 2.26. The van der Waals surface area contributed by atoms with Gasteiger partial charge in [0.05, 0.1) is 18.5 Å². The van der Waals surface area contributed by atoms with Crippen molar-refractivity contribution in [1.82, 2.24) is 24.8 Å². The van der Waals surface area contributed by atoms with Gasteiger partial charge in [0.15, 0.2) is 0 Å². The number of methoxy groups -OCH3 is 1. The number of hydrogen-bond acceptors (Lipinski definition) is 7. The first-order valence-electron chi connectivity index (χ1n) is 11.2. The van der Waals surface area contributed by atoms with Gasteiger partial charge < -0.3 is 15.0 Å². The Balaban J connectivity index is 0.00000180. The van der Waals surface area contributed by atoms with Crippen LogP contribution in [-0.2, 0) is 7.05 Å². The molecule has 0 radical (unpaired) electrons. The maximum absolute atomic E-state index is 12.7. The van der Waals surface area contributed by atoms with Gasteiger partial charge in [0, 0.05) is 45.0 Å². The second kappa shape index (κ2) is 12.0. The molecule has 1 aliphatic heterocycles. The second-order valence-electron chi connectivity index (χ2n) is 8.24. The summed E-state index contributed by atoms with van der Waals surface area (Å²) in [6, 6.07) is 20.1. The van der Waals surface area contributed by atoms with Crippen molar-refractivity contribution < 1.29 is 4.74 Å². The molecular weight excluding hydrogens is 499 g/mol. The molecule has 8 nitrogen and oxygen atoms in total. The third-order valence-electron chi connectivity index (χ3n) is 6.15. The standard InChI is InChI=1S/C26H26N6O2.2ClH/c1-31-25(33)15-23(22-11-12-27-17-29-22)30-26(31)32-14-13-28-24(16-32)20-5-3-18(4-6-20)19-7-9-21(34-2)10-8-19;;/h3-12,15,17,24,28H,13-14,16H2,1-2H3;2*1H/t24-;;/m1../s1. The van der Waals surface area contributed by atoms with Crippen molar-refractivity contribution in [3.8, 4) is 28.3 Å². The van der Waals surface area contributed by atoms with E-state index in [1.807, 2.05) is 12.1 Å². The van der Waals surface area contributed by atoms with Gasteiger partial charge in [0.1, 0.15) is 12.1 Å². The van der Waals surface area contributed by atoms with Gasteiger partial charge >= 0.3 is 0 Å². The molecule has 1 saturated heterocycles. The zero-order valence-corrected chi connectivity index (χ0v) is 21.6. The number of aromatic nitrogens is 4. The summed E-state index contributed by atoms with van der Waals surface area (Å²) < 4.78 is 6.85. The van der Waals surface area contributed by atoms with Crippen LogP contribution >= 0.6 is 24.8 Å². The molecule has 0 bridgehead atoms. The van der Waals surface area contributed by atoms with Crippen molar-refractivity contribution in [1.29, 1.82) is 0 Å². The van der Waals surface area contributed by atoms with Gasteiger partial charge in [0.25, 0.3) is 5.56 Å². The predicted molar refractivity (Wildman–Crippen MR) is 146 cm³/mol. The predicted octanol–water partition coefficient (Wildman–Crippen LogP) is 3.91. The maximum Gasteiger partial charge on any atom is 0.255 e.